The number of hydrogen-bond acceptors (Lipinski definition) is 2. The van der Waals surface area contributed by atoms with E-state index in [2.05, 4.69) is 30.4 Å². The zero-order chi connectivity index (χ0) is 12.6. The first-order valence-corrected chi connectivity index (χ1v) is 7.14. The summed E-state index contributed by atoms with van der Waals surface area (Å²) in [5.74, 6) is 1.81. The number of methoxy groups -OCH3 is 1. The van der Waals surface area contributed by atoms with Crippen LogP contribution in [0.1, 0.15) is 43.2 Å². The molecule has 0 aromatic heterocycles. The van der Waals surface area contributed by atoms with E-state index in [0.29, 0.717) is 5.41 Å². The standard InChI is InChI=1S/C16H23NO/c1-3-12-8-13(4-5-15(12)18-2)14-6-7-16(9-14)10-17-11-16/h4-5,8,14,17H,3,6-7,9-11H2,1-2H3. The molecule has 0 amide bonds. The van der Waals surface area contributed by atoms with Gasteiger partial charge in [0.2, 0.25) is 0 Å². The van der Waals surface area contributed by atoms with E-state index < -0.39 is 0 Å². The molecule has 98 valence electrons. The third-order valence-electron chi connectivity index (χ3n) is 4.86. The summed E-state index contributed by atoms with van der Waals surface area (Å²) in [5, 5.41) is 3.44. The van der Waals surface area contributed by atoms with Crippen LogP contribution in [0, 0.1) is 5.41 Å². The summed E-state index contributed by atoms with van der Waals surface area (Å²) in [4.78, 5) is 0. The molecule has 1 aromatic rings. The normalized spacial score (nSPS) is 25.1. The van der Waals surface area contributed by atoms with Crippen LogP contribution in [0.25, 0.3) is 0 Å². The van der Waals surface area contributed by atoms with Crippen molar-refractivity contribution in [1.29, 1.82) is 0 Å². The Labute approximate surface area is 110 Å². The lowest BCUT2D eigenvalue weighted by Gasteiger charge is -2.39. The van der Waals surface area contributed by atoms with Crippen molar-refractivity contribution in [3.05, 3.63) is 29.3 Å². The van der Waals surface area contributed by atoms with Crippen LogP contribution in [0.4, 0.5) is 0 Å². The number of benzene rings is 1. The van der Waals surface area contributed by atoms with Gasteiger partial charge >= 0.3 is 0 Å². The van der Waals surface area contributed by atoms with Gasteiger partial charge in [-0.15, -0.1) is 0 Å². The molecule has 2 fully saturated rings. The molecule has 0 radical (unpaired) electrons. The van der Waals surface area contributed by atoms with E-state index in [1.165, 1.54) is 43.5 Å². The first kappa shape index (κ1) is 12.0. The van der Waals surface area contributed by atoms with Crippen molar-refractivity contribution in [1.82, 2.24) is 5.32 Å². The molecule has 0 bridgehead atoms. The van der Waals surface area contributed by atoms with Gasteiger partial charge < -0.3 is 10.1 Å². The summed E-state index contributed by atoms with van der Waals surface area (Å²) in [6, 6.07) is 6.79. The fourth-order valence-electron chi connectivity index (χ4n) is 3.62. The maximum atomic E-state index is 5.42. The highest BCUT2D eigenvalue weighted by molar-refractivity contribution is 5.39. The number of aryl methyl sites for hydroxylation is 1. The Morgan fingerprint density at radius 2 is 2.22 bits per heavy atom. The second kappa shape index (κ2) is 4.58. The van der Waals surface area contributed by atoms with E-state index in [0.717, 1.165) is 18.1 Å². The second-order valence-corrected chi connectivity index (χ2v) is 5.97. The third-order valence-corrected chi connectivity index (χ3v) is 4.86. The molecule has 1 aliphatic carbocycles. The second-order valence-electron chi connectivity index (χ2n) is 5.97. The fourth-order valence-corrected chi connectivity index (χ4v) is 3.62. The summed E-state index contributed by atoms with van der Waals surface area (Å²) in [5.41, 5.74) is 3.51. The van der Waals surface area contributed by atoms with Crippen LogP contribution in [0.15, 0.2) is 18.2 Å². The highest BCUT2D eigenvalue weighted by atomic mass is 16.5. The Hall–Kier alpha value is -1.02. The topological polar surface area (TPSA) is 21.3 Å². The van der Waals surface area contributed by atoms with Crippen LogP contribution < -0.4 is 10.1 Å². The maximum absolute atomic E-state index is 5.42. The smallest absolute Gasteiger partial charge is 0.122 e. The highest BCUT2D eigenvalue weighted by Gasteiger charge is 2.43. The van der Waals surface area contributed by atoms with Crippen molar-refractivity contribution in [3.63, 3.8) is 0 Å². The zero-order valence-corrected chi connectivity index (χ0v) is 11.5. The minimum absolute atomic E-state index is 0.636. The third kappa shape index (κ3) is 1.93. The number of nitrogens with one attached hydrogen (secondary N) is 1. The largest absolute Gasteiger partial charge is 0.496 e. The monoisotopic (exact) mass is 245 g/mol. The number of ether oxygens (including phenoxy) is 1. The van der Waals surface area contributed by atoms with Crippen molar-refractivity contribution in [2.24, 2.45) is 5.41 Å². The molecular formula is C16H23NO. The van der Waals surface area contributed by atoms with Gasteiger partial charge in [-0.05, 0) is 54.2 Å². The summed E-state index contributed by atoms with van der Waals surface area (Å²) >= 11 is 0. The quantitative estimate of drug-likeness (QED) is 0.883. The van der Waals surface area contributed by atoms with Crippen LogP contribution in [0.3, 0.4) is 0 Å². The average Bonchev–Trinajstić information content (AvgIpc) is 2.83. The van der Waals surface area contributed by atoms with E-state index in [1.807, 2.05) is 0 Å². The summed E-state index contributed by atoms with van der Waals surface area (Å²) in [6.45, 7) is 4.67. The predicted octanol–water partition coefficient (Wildman–Crippen LogP) is 3.11. The van der Waals surface area contributed by atoms with Gasteiger partial charge in [0.05, 0.1) is 7.11 Å². The summed E-state index contributed by atoms with van der Waals surface area (Å²) in [6.07, 6.45) is 5.18. The molecule has 3 rings (SSSR count). The van der Waals surface area contributed by atoms with Gasteiger partial charge in [-0.25, -0.2) is 0 Å². The van der Waals surface area contributed by atoms with Crippen LogP contribution in [0.2, 0.25) is 0 Å². The van der Waals surface area contributed by atoms with Gasteiger partial charge in [-0.1, -0.05) is 19.1 Å². The average molecular weight is 245 g/mol. The Bertz CT molecular complexity index is 437. The fraction of sp³-hybridized carbons (Fsp3) is 0.625. The first-order chi connectivity index (χ1) is 8.76. The minimum atomic E-state index is 0.636. The maximum Gasteiger partial charge on any atom is 0.122 e. The molecule has 1 aliphatic heterocycles. The van der Waals surface area contributed by atoms with Crippen LogP contribution in [-0.2, 0) is 6.42 Å². The minimum Gasteiger partial charge on any atom is -0.496 e. The first-order valence-electron chi connectivity index (χ1n) is 7.14. The SMILES string of the molecule is CCc1cc(C2CCC3(CNC3)C2)ccc1OC. The van der Waals surface area contributed by atoms with Crippen molar-refractivity contribution < 1.29 is 4.74 Å². The highest BCUT2D eigenvalue weighted by Crippen LogP contribution is 2.49. The molecule has 1 heterocycles. The molecule has 2 heteroatoms. The molecule has 1 N–H and O–H groups in total. The van der Waals surface area contributed by atoms with Gasteiger partial charge in [0.15, 0.2) is 0 Å². The lowest BCUT2D eigenvalue weighted by molar-refractivity contribution is 0.175. The molecule has 1 saturated carbocycles. The molecule has 2 aliphatic rings. The van der Waals surface area contributed by atoms with Crippen LogP contribution in [-0.4, -0.2) is 20.2 Å². The molecular weight excluding hydrogens is 222 g/mol. The predicted molar refractivity (Wildman–Crippen MR) is 74.3 cm³/mol. The molecule has 1 saturated heterocycles. The molecule has 1 unspecified atom stereocenters. The van der Waals surface area contributed by atoms with E-state index >= 15 is 0 Å². The lowest BCUT2D eigenvalue weighted by Crippen LogP contribution is -2.51. The molecule has 1 aromatic carbocycles. The van der Waals surface area contributed by atoms with Gasteiger partial charge in [0.25, 0.3) is 0 Å². The molecule has 1 spiro atoms. The van der Waals surface area contributed by atoms with Gasteiger partial charge in [0.1, 0.15) is 5.75 Å². The number of rotatable bonds is 3. The summed E-state index contributed by atoms with van der Waals surface area (Å²) in [7, 11) is 1.76. The van der Waals surface area contributed by atoms with Crippen LogP contribution in [0.5, 0.6) is 5.75 Å². The molecule has 18 heavy (non-hydrogen) atoms. The van der Waals surface area contributed by atoms with Gasteiger partial charge in [-0.3, -0.25) is 0 Å². The van der Waals surface area contributed by atoms with Crippen LogP contribution >= 0.6 is 0 Å². The van der Waals surface area contributed by atoms with E-state index in [1.54, 1.807) is 7.11 Å². The van der Waals surface area contributed by atoms with Crippen molar-refractivity contribution in [2.45, 2.75) is 38.5 Å². The number of hydrogen-bond donors (Lipinski definition) is 1. The Balaban J connectivity index is 1.80. The van der Waals surface area contributed by atoms with Crippen molar-refractivity contribution in [2.75, 3.05) is 20.2 Å². The zero-order valence-electron chi connectivity index (χ0n) is 11.5. The van der Waals surface area contributed by atoms with E-state index in [9.17, 15) is 0 Å². The lowest BCUT2D eigenvalue weighted by atomic mass is 9.79. The van der Waals surface area contributed by atoms with E-state index in [-0.39, 0.29) is 0 Å². The molecule has 1 atom stereocenters. The Morgan fingerprint density at radius 1 is 1.39 bits per heavy atom. The van der Waals surface area contributed by atoms with Crippen molar-refractivity contribution >= 4 is 0 Å². The van der Waals surface area contributed by atoms with Crippen molar-refractivity contribution in [3.8, 4) is 5.75 Å². The Morgan fingerprint density at radius 3 is 2.78 bits per heavy atom. The molecule has 2 nitrogen and oxygen atoms in total. The van der Waals surface area contributed by atoms with Gasteiger partial charge in [-0.2, -0.15) is 0 Å². The van der Waals surface area contributed by atoms with E-state index in [4.69, 9.17) is 4.74 Å². The Kier molecular flexibility index (Phi) is 3.06. The van der Waals surface area contributed by atoms with Gasteiger partial charge in [0, 0.05) is 13.1 Å². The summed E-state index contributed by atoms with van der Waals surface area (Å²) < 4.78 is 5.42.